The smallest absolute Gasteiger partial charge is 0.229 e. The molecule has 2 aliphatic heterocycles. The molecule has 2 aliphatic rings. The summed E-state index contributed by atoms with van der Waals surface area (Å²) in [4.78, 5) is 34.9. The molecule has 10 nitrogen and oxygen atoms in total. The van der Waals surface area contributed by atoms with Crippen LogP contribution in [0.1, 0.15) is 20.8 Å². The third-order valence-electron chi connectivity index (χ3n) is 6.16. The summed E-state index contributed by atoms with van der Waals surface area (Å²) >= 11 is 0. The quantitative estimate of drug-likeness (QED) is 0.625. The first-order chi connectivity index (χ1) is 16.5. The monoisotopic (exact) mass is 463 g/mol. The molecule has 3 aromatic rings. The van der Waals surface area contributed by atoms with Crippen molar-refractivity contribution in [1.82, 2.24) is 19.9 Å². The van der Waals surface area contributed by atoms with E-state index in [-0.39, 0.29) is 18.0 Å². The maximum atomic E-state index is 11.3. The minimum Gasteiger partial charge on any atom is -0.377 e. The van der Waals surface area contributed by atoms with Crippen LogP contribution in [0.4, 0.5) is 17.6 Å². The first-order valence-electron chi connectivity index (χ1n) is 11.6. The minimum atomic E-state index is -0.157. The van der Waals surface area contributed by atoms with Gasteiger partial charge in [-0.1, -0.05) is 0 Å². The Labute approximate surface area is 198 Å². The van der Waals surface area contributed by atoms with E-state index in [1.807, 2.05) is 18.2 Å². The Bertz CT molecular complexity index is 1190. The molecule has 178 valence electrons. The van der Waals surface area contributed by atoms with Crippen LogP contribution in [0.3, 0.4) is 0 Å². The lowest BCUT2D eigenvalue weighted by Crippen LogP contribution is -2.46. The van der Waals surface area contributed by atoms with Crippen LogP contribution in [0.5, 0.6) is 0 Å². The lowest BCUT2D eigenvalue weighted by molar-refractivity contribution is -0.114. The molecule has 5 rings (SSSR count). The molecule has 0 aromatic carbocycles. The average Bonchev–Trinajstić information content (AvgIpc) is 2.84. The first kappa shape index (κ1) is 22.4. The average molecular weight is 464 g/mol. The molecule has 0 bridgehead atoms. The molecular formula is C24H29N7O3. The van der Waals surface area contributed by atoms with Gasteiger partial charge in [0.05, 0.1) is 49.6 Å². The van der Waals surface area contributed by atoms with Crippen molar-refractivity contribution in [2.24, 2.45) is 0 Å². The van der Waals surface area contributed by atoms with E-state index in [0.717, 1.165) is 35.6 Å². The summed E-state index contributed by atoms with van der Waals surface area (Å²) in [7, 11) is 0. The molecule has 1 N–H and O–H groups in total. The molecule has 0 unspecified atom stereocenters. The predicted octanol–water partition coefficient (Wildman–Crippen LogP) is 2.50. The van der Waals surface area contributed by atoms with Gasteiger partial charge in [-0.25, -0.2) is 9.97 Å². The number of anilines is 3. The number of morpholine rings is 2. The Kier molecular flexibility index (Phi) is 6.25. The van der Waals surface area contributed by atoms with Gasteiger partial charge in [-0.3, -0.25) is 4.79 Å². The van der Waals surface area contributed by atoms with Crippen LogP contribution in [0.15, 0.2) is 30.5 Å². The summed E-state index contributed by atoms with van der Waals surface area (Å²) in [5, 5.41) is 3.59. The summed E-state index contributed by atoms with van der Waals surface area (Å²) in [6, 6.07) is 8.03. The fraction of sp³-hybridized carbons (Fsp3) is 0.458. The second-order valence-corrected chi connectivity index (χ2v) is 8.76. The molecular weight excluding hydrogens is 434 g/mol. The van der Waals surface area contributed by atoms with Crippen LogP contribution >= 0.6 is 0 Å². The van der Waals surface area contributed by atoms with Crippen molar-refractivity contribution < 1.29 is 14.3 Å². The molecule has 34 heavy (non-hydrogen) atoms. The maximum Gasteiger partial charge on any atom is 0.229 e. The summed E-state index contributed by atoms with van der Waals surface area (Å²) < 4.78 is 11.3. The molecule has 5 heterocycles. The Morgan fingerprint density at radius 2 is 1.71 bits per heavy atom. The van der Waals surface area contributed by atoms with Gasteiger partial charge in [0.2, 0.25) is 11.9 Å². The number of hydrogen-bond donors (Lipinski definition) is 1. The topological polar surface area (TPSA) is 106 Å². The van der Waals surface area contributed by atoms with Gasteiger partial charge in [-0.05, 0) is 38.1 Å². The number of aromatic nitrogens is 4. The highest BCUT2D eigenvalue weighted by Gasteiger charge is 2.27. The third kappa shape index (κ3) is 4.51. The molecule has 0 aliphatic carbocycles. The fourth-order valence-electron chi connectivity index (χ4n) is 4.36. The first-order valence-corrected chi connectivity index (χ1v) is 11.6. The largest absolute Gasteiger partial charge is 0.377 e. The zero-order valence-corrected chi connectivity index (χ0v) is 19.7. The van der Waals surface area contributed by atoms with E-state index in [1.165, 1.54) is 6.92 Å². The van der Waals surface area contributed by atoms with Gasteiger partial charge in [0.15, 0.2) is 5.65 Å². The van der Waals surface area contributed by atoms with Gasteiger partial charge in [0, 0.05) is 31.8 Å². The molecule has 2 fully saturated rings. The fourth-order valence-corrected chi connectivity index (χ4v) is 4.36. The number of nitrogens with one attached hydrogen (secondary N) is 1. The third-order valence-corrected chi connectivity index (χ3v) is 6.16. The van der Waals surface area contributed by atoms with E-state index in [0.29, 0.717) is 43.8 Å². The standard InChI is InChI=1S/C24H29N7O3/c1-15-13-33-10-8-30(15)23-19-5-6-20(18-4-7-21(25-12-18)26-17(3)32)27-22(19)28-24(29-23)31-9-11-34-14-16(31)2/h4-7,12,15-16H,8-11,13-14H2,1-3H3,(H,25,26,32)/t15-,16-/m0/s1. The summed E-state index contributed by atoms with van der Waals surface area (Å²) in [5.74, 6) is 1.90. The van der Waals surface area contributed by atoms with Crippen LogP contribution in [0, 0.1) is 0 Å². The van der Waals surface area contributed by atoms with E-state index in [2.05, 4.69) is 33.9 Å². The number of hydrogen-bond acceptors (Lipinski definition) is 9. The molecule has 0 spiro atoms. The van der Waals surface area contributed by atoms with E-state index < -0.39 is 0 Å². The van der Waals surface area contributed by atoms with Crippen molar-refractivity contribution in [3.63, 3.8) is 0 Å². The Morgan fingerprint density at radius 1 is 0.971 bits per heavy atom. The lowest BCUT2D eigenvalue weighted by atomic mass is 10.1. The summed E-state index contributed by atoms with van der Waals surface area (Å²) in [6.45, 7) is 9.84. The molecule has 2 saturated heterocycles. The number of ether oxygens (including phenoxy) is 2. The molecule has 3 aromatic heterocycles. The lowest BCUT2D eigenvalue weighted by Gasteiger charge is -2.37. The van der Waals surface area contributed by atoms with E-state index in [4.69, 9.17) is 24.4 Å². The number of carbonyl (C=O) groups excluding carboxylic acids is 1. The van der Waals surface area contributed by atoms with Crippen LogP contribution in [-0.2, 0) is 14.3 Å². The minimum absolute atomic E-state index is 0.157. The highest BCUT2D eigenvalue weighted by Crippen LogP contribution is 2.31. The molecule has 10 heteroatoms. The van der Waals surface area contributed by atoms with E-state index >= 15 is 0 Å². The Balaban J connectivity index is 1.58. The van der Waals surface area contributed by atoms with Gasteiger partial charge in [0.25, 0.3) is 0 Å². The van der Waals surface area contributed by atoms with Crippen LogP contribution < -0.4 is 15.1 Å². The summed E-state index contributed by atoms with van der Waals surface area (Å²) in [5.41, 5.74) is 2.24. The number of nitrogens with zero attached hydrogens (tertiary/aromatic N) is 6. The van der Waals surface area contributed by atoms with Crippen molar-refractivity contribution in [3.05, 3.63) is 30.5 Å². The van der Waals surface area contributed by atoms with Gasteiger partial charge in [-0.2, -0.15) is 9.97 Å². The molecule has 2 atom stereocenters. The Hall–Kier alpha value is -3.37. The van der Waals surface area contributed by atoms with Crippen LogP contribution in [0.2, 0.25) is 0 Å². The maximum absolute atomic E-state index is 11.3. The second kappa shape index (κ2) is 9.47. The molecule has 0 saturated carbocycles. The summed E-state index contributed by atoms with van der Waals surface area (Å²) in [6.07, 6.45) is 1.70. The number of pyridine rings is 2. The molecule has 0 radical (unpaired) electrons. The van der Waals surface area contributed by atoms with Crippen molar-refractivity contribution in [2.75, 3.05) is 54.6 Å². The number of amides is 1. The Morgan fingerprint density at radius 3 is 2.35 bits per heavy atom. The van der Waals surface area contributed by atoms with Crippen LogP contribution in [-0.4, -0.2) is 77.4 Å². The number of carbonyl (C=O) groups is 1. The zero-order valence-electron chi connectivity index (χ0n) is 19.7. The SMILES string of the molecule is CC(=O)Nc1ccc(-c2ccc3c(N4CCOC[C@@H]4C)nc(N4CCOC[C@@H]4C)nc3n2)cn1. The normalized spacial score (nSPS) is 21.0. The van der Waals surface area contributed by atoms with Gasteiger partial charge in [0.1, 0.15) is 11.6 Å². The number of fused-ring (bicyclic) bond motifs is 1. The molecule has 1 amide bonds. The van der Waals surface area contributed by atoms with E-state index in [1.54, 1.807) is 12.3 Å². The van der Waals surface area contributed by atoms with Gasteiger partial charge >= 0.3 is 0 Å². The second-order valence-electron chi connectivity index (χ2n) is 8.76. The van der Waals surface area contributed by atoms with Crippen LogP contribution in [0.25, 0.3) is 22.3 Å². The number of rotatable bonds is 4. The van der Waals surface area contributed by atoms with Crippen molar-refractivity contribution >= 4 is 34.5 Å². The predicted molar refractivity (Wildman–Crippen MR) is 130 cm³/mol. The zero-order chi connectivity index (χ0) is 23.7. The highest BCUT2D eigenvalue weighted by atomic mass is 16.5. The van der Waals surface area contributed by atoms with Gasteiger partial charge < -0.3 is 24.6 Å². The highest BCUT2D eigenvalue weighted by molar-refractivity contribution is 5.90. The van der Waals surface area contributed by atoms with Crippen molar-refractivity contribution in [3.8, 4) is 11.3 Å². The van der Waals surface area contributed by atoms with Gasteiger partial charge in [-0.15, -0.1) is 0 Å². The van der Waals surface area contributed by atoms with E-state index in [9.17, 15) is 4.79 Å². The van der Waals surface area contributed by atoms with Crippen molar-refractivity contribution in [1.29, 1.82) is 0 Å². The van der Waals surface area contributed by atoms with Crippen molar-refractivity contribution in [2.45, 2.75) is 32.9 Å².